The largest absolute Gasteiger partial charge is 0.503 e. The Labute approximate surface area is 148 Å². The predicted octanol–water partition coefficient (Wildman–Crippen LogP) is 4.84. The summed E-state index contributed by atoms with van der Waals surface area (Å²) < 4.78 is 5.00. The van der Waals surface area contributed by atoms with Gasteiger partial charge in [-0.2, -0.15) is 0 Å². The van der Waals surface area contributed by atoms with E-state index in [0.29, 0.717) is 11.1 Å². The molecule has 2 rings (SSSR count). The third kappa shape index (κ3) is 3.91. The fourth-order valence-electron chi connectivity index (χ4n) is 1.84. The minimum absolute atomic E-state index is 0.120. The van der Waals surface area contributed by atoms with Gasteiger partial charge in [0.15, 0.2) is 17.3 Å². The number of hydrogen-bond donors (Lipinski definition) is 2. The van der Waals surface area contributed by atoms with Gasteiger partial charge >= 0.3 is 0 Å². The first-order chi connectivity index (χ1) is 10.8. The highest BCUT2D eigenvalue weighted by Gasteiger charge is 2.10. The molecule has 3 N–H and O–H groups in total. The number of allylic oxidation sites excluding steroid dienone is 1. The number of anilines is 1. The van der Waals surface area contributed by atoms with Gasteiger partial charge < -0.3 is 15.6 Å². The molecule has 0 radical (unpaired) electrons. The summed E-state index contributed by atoms with van der Waals surface area (Å²) in [6.45, 7) is 0. The van der Waals surface area contributed by atoms with Crippen molar-refractivity contribution in [2.75, 3.05) is 12.8 Å². The highest BCUT2D eigenvalue weighted by Crippen LogP contribution is 2.35. The van der Waals surface area contributed by atoms with Crippen LogP contribution in [0.25, 0.3) is 6.08 Å². The Balaban J connectivity index is 2.30. The zero-order chi connectivity index (χ0) is 17.1. The predicted molar refractivity (Wildman–Crippen MR) is 93.9 cm³/mol. The SMILES string of the molecule is COc1cc(C=CC(=O)c2cc(Cl)c(N)c(Cl)c2)cc(Cl)c1O. The lowest BCUT2D eigenvalue weighted by Gasteiger charge is -2.06. The van der Waals surface area contributed by atoms with Crippen LogP contribution in [0.4, 0.5) is 5.69 Å². The molecule has 2 aromatic carbocycles. The summed E-state index contributed by atoms with van der Waals surface area (Å²) in [4.78, 5) is 12.2. The van der Waals surface area contributed by atoms with Gasteiger partial charge in [0.25, 0.3) is 0 Å². The molecule has 0 amide bonds. The number of halogens is 3. The molecule has 0 aliphatic heterocycles. The van der Waals surface area contributed by atoms with Gasteiger partial charge in [0.1, 0.15) is 0 Å². The maximum atomic E-state index is 12.2. The first kappa shape index (κ1) is 17.5. The molecule has 0 spiro atoms. The van der Waals surface area contributed by atoms with Crippen LogP contribution in [0.5, 0.6) is 11.5 Å². The maximum absolute atomic E-state index is 12.2. The number of benzene rings is 2. The smallest absolute Gasteiger partial charge is 0.185 e. The minimum atomic E-state index is -0.308. The molecule has 0 atom stereocenters. The van der Waals surface area contributed by atoms with Gasteiger partial charge in [0.2, 0.25) is 0 Å². The van der Waals surface area contributed by atoms with E-state index in [2.05, 4.69) is 0 Å². The number of carbonyl (C=O) groups excluding carboxylic acids is 1. The normalized spacial score (nSPS) is 11.0. The van der Waals surface area contributed by atoms with Crippen LogP contribution in [-0.4, -0.2) is 18.0 Å². The summed E-state index contributed by atoms with van der Waals surface area (Å²) in [5, 5.41) is 10.2. The molecule has 2 aromatic rings. The average Bonchev–Trinajstić information content (AvgIpc) is 2.52. The number of hydrogen-bond acceptors (Lipinski definition) is 4. The van der Waals surface area contributed by atoms with E-state index >= 15 is 0 Å². The monoisotopic (exact) mass is 371 g/mol. The minimum Gasteiger partial charge on any atom is -0.503 e. The number of methoxy groups -OCH3 is 1. The van der Waals surface area contributed by atoms with Crippen molar-refractivity contribution in [3.8, 4) is 11.5 Å². The van der Waals surface area contributed by atoms with E-state index in [1.165, 1.54) is 37.5 Å². The lowest BCUT2D eigenvalue weighted by atomic mass is 10.1. The van der Waals surface area contributed by atoms with Gasteiger partial charge in [-0.3, -0.25) is 4.79 Å². The van der Waals surface area contributed by atoms with Crippen LogP contribution in [0.1, 0.15) is 15.9 Å². The van der Waals surface area contributed by atoms with Crippen LogP contribution in [0.15, 0.2) is 30.3 Å². The molecule has 0 aliphatic rings. The third-order valence-corrected chi connectivity index (χ3v) is 3.97. The number of phenolic OH excluding ortho intramolecular Hbond substituents is 1. The first-order valence-electron chi connectivity index (χ1n) is 6.37. The zero-order valence-corrected chi connectivity index (χ0v) is 14.2. The molecule has 0 aliphatic carbocycles. The fraction of sp³-hybridized carbons (Fsp3) is 0.0625. The van der Waals surface area contributed by atoms with Crippen LogP contribution in [-0.2, 0) is 0 Å². The van der Waals surface area contributed by atoms with Crippen molar-refractivity contribution in [3.05, 3.63) is 56.5 Å². The zero-order valence-electron chi connectivity index (χ0n) is 11.9. The van der Waals surface area contributed by atoms with Gasteiger partial charge in [0.05, 0.1) is 27.9 Å². The lowest BCUT2D eigenvalue weighted by Crippen LogP contribution is -1.97. The summed E-state index contributed by atoms with van der Waals surface area (Å²) in [6.07, 6.45) is 2.87. The van der Waals surface area contributed by atoms with Crippen molar-refractivity contribution in [1.82, 2.24) is 0 Å². The van der Waals surface area contributed by atoms with Crippen molar-refractivity contribution in [2.24, 2.45) is 0 Å². The third-order valence-electron chi connectivity index (χ3n) is 3.06. The van der Waals surface area contributed by atoms with Crippen molar-refractivity contribution >= 4 is 52.3 Å². The van der Waals surface area contributed by atoms with Gasteiger partial charge in [0, 0.05) is 5.56 Å². The van der Waals surface area contributed by atoms with Crippen molar-refractivity contribution in [2.45, 2.75) is 0 Å². The number of rotatable bonds is 4. The molecule has 0 heterocycles. The van der Waals surface area contributed by atoms with Gasteiger partial charge in [-0.25, -0.2) is 0 Å². The topological polar surface area (TPSA) is 72.5 Å². The van der Waals surface area contributed by atoms with Crippen molar-refractivity contribution < 1.29 is 14.6 Å². The van der Waals surface area contributed by atoms with Crippen LogP contribution in [0.3, 0.4) is 0 Å². The second kappa shape index (κ2) is 7.13. The van der Waals surface area contributed by atoms with Crippen LogP contribution >= 0.6 is 34.8 Å². The first-order valence-corrected chi connectivity index (χ1v) is 7.50. The molecule has 0 bridgehead atoms. The Morgan fingerprint density at radius 3 is 2.30 bits per heavy atom. The maximum Gasteiger partial charge on any atom is 0.185 e. The van der Waals surface area contributed by atoms with Crippen LogP contribution in [0.2, 0.25) is 15.1 Å². The Morgan fingerprint density at radius 2 is 1.74 bits per heavy atom. The van der Waals surface area contributed by atoms with Crippen LogP contribution in [0, 0.1) is 0 Å². The molecular weight excluding hydrogens is 361 g/mol. The molecule has 4 nitrogen and oxygen atoms in total. The Kier molecular flexibility index (Phi) is 5.42. The number of ketones is 1. The average molecular weight is 373 g/mol. The number of ether oxygens (including phenoxy) is 1. The molecular formula is C16H12Cl3NO3. The van der Waals surface area contributed by atoms with E-state index in [9.17, 15) is 9.90 Å². The van der Waals surface area contributed by atoms with Gasteiger partial charge in [-0.15, -0.1) is 0 Å². The van der Waals surface area contributed by atoms with Crippen LogP contribution < -0.4 is 10.5 Å². The van der Waals surface area contributed by atoms with E-state index < -0.39 is 0 Å². The molecule has 120 valence electrons. The van der Waals surface area contributed by atoms with Gasteiger partial charge in [-0.05, 0) is 35.9 Å². The number of phenols is 1. The lowest BCUT2D eigenvalue weighted by molar-refractivity contribution is 0.104. The summed E-state index contributed by atoms with van der Waals surface area (Å²) >= 11 is 17.7. The standard InChI is InChI=1S/C16H12Cl3NO3/c1-23-14-5-8(4-12(19)16(14)22)2-3-13(21)9-6-10(17)15(20)11(18)7-9/h2-7,22H,20H2,1H3. The summed E-state index contributed by atoms with van der Waals surface area (Å²) in [5.74, 6) is -0.255. The van der Waals surface area contributed by atoms with E-state index in [4.69, 9.17) is 45.3 Å². The number of nitrogen functional groups attached to an aromatic ring is 1. The van der Waals surface area contributed by atoms with Crippen molar-refractivity contribution in [1.29, 1.82) is 0 Å². The molecule has 23 heavy (non-hydrogen) atoms. The summed E-state index contributed by atoms with van der Waals surface area (Å²) in [7, 11) is 1.41. The Morgan fingerprint density at radius 1 is 1.13 bits per heavy atom. The quantitative estimate of drug-likeness (QED) is 0.457. The van der Waals surface area contributed by atoms with E-state index in [1.54, 1.807) is 6.07 Å². The highest BCUT2D eigenvalue weighted by molar-refractivity contribution is 6.39. The number of aromatic hydroxyl groups is 1. The highest BCUT2D eigenvalue weighted by atomic mass is 35.5. The van der Waals surface area contributed by atoms with E-state index in [-0.39, 0.29) is 38.0 Å². The second-order valence-corrected chi connectivity index (χ2v) is 5.83. The second-order valence-electron chi connectivity index (χ2n) is 4.60. The van der Waals surface area contributed by atoms with Crippen molar-refractivity contribution in [3.63, 3.8) is 0 Å². The summed E-state index contributed by atoms with van der Waals surface area (Å²) in [6, 6.07) is 5.94. The summed E-state index contributed by atoms with van der Waals surface area (Å²) in [5.41, 5.74) is 6.76. The van der Waals surface area contributed by atoms with Gasteiger partial charge in [-0.1, -0.05) is 40.9 Å². The molecule has 0 saturated carbocycles. The Hall–Kier alpha value is -1.88. The number of nitrogens with two attached hydrogens (primary N) is 1. The Bertz CT molecular complexity index is 780. The van der Waals surface area contributed by atoms with E-state index in [1.807, 2.05) is 0 Å². The fourth-order valence-corrected chi connectivity index (χ4v) is 2.55. The molecule has 0 aromatic heterocycles. The molecule has 7 heteroatoms. The molecule has 0 fully saturated rings. The molecule has 0 saturated heterocycles. The number of carbonyl (C=O) groups is 1. The van der Waals surface area contributed by atoms with E-state index in [0.717, 1.165) is 0 Å². The molecule has 0 unspecified atom stereocenters.